The van der Waals surface area contributed by atoms with Crippen molar-refractivity contribution in [3.05, 3.63) is 101 Å². The predicted octanol–water partition coefficient (Wildman–Crippen LogP) is 7.46. The smallest absolute Gasteiger partial charge is 0.214 e. The number of para-hydroxylation sites is 1. The molecule has 5 heteroatoms. The monoisotopic (exact) mass is 423 g/mol. The van der Waals surface area contributed by atoms with Gasteiger partial charge in [0.05, 0.1) is 0 Å². The van der Waals surface area contributed by atoms with Crippen molar-refractivity contribution in [1.29, 1.82) is 0 Å². The Balaban J connectivity index is 2.08. The summed E-state index contributed by atoms with van der Waals surface area (Å²) in [4.78, 5) is 2.10. The van der Waals surface area contributed by atoms with E-state index in [1.807, 2.05) is 72.8 Å². The quantitative estimate of drug-likeness (QED) is 0.384. The van der Waals surface area contributed by atoms with Gasteiger partial charge in [0, 0.05) is 17.3 Å². The van der Waals surface area contributed by atoms with E-state index in [1.54, 1.807) is 0 Å². The summed E-state index contributed by atoms with van der Waals surface area (Å²) in [5.74, 6) is 0. The van der Waals surface area contributed by atoms with Crippen molar-refractivity contribution in [2.45, 2.75) is 16.4 Å². The summed E-state index contributed by atoms with van der Waals surface area (Å²) in [7, 11) is 0. The number of halogens is 4. The maximum absolute atomic E-state index is 6.44. The average Bonchev–Trinajstić information content (AvgIpc) is 2.63. The first-order valence-corrected chi connectivity index (χ1v) is 9.64. The molecule has 0 aromatic heterocycles. The van der Waals surface area contributed by atoms with Crippen LogP contribution in [0.5, 0.6) is 0 Å². The number of alkyl halides is 3. The molecule has 3 aromatic rings. The highest BCUT2D eigenvalue weighted by atomic mass is 35.6. The van der Waals surface area contributed by atoms with Gasteiger partial charge in [-0.15, -0.1) is 0 Å². The van der Waals surface area contributed by atoms with Crippen LogP contribution in [0.15, 0.2) is 84.9 Å². The summed E-state index contributed by atoms with van der Waals surface area (Å²) in [6.45, 7) is 0.603. The van der Waals surface area contributed by atoms with Crippen LogP contribution in [0.25, 0.3) is 0 Å². The molecule has 1 atom stereocenters. The minimum atomic E-state index is -1.53. The molecular formula is C21H17Cl4N. The van der Waals surface area contributed by atoms with Crippen molar-refractivity contribution in [1.82, 2.24) is 0 Å². The largest absolute Gasteiger partial charge is 0.356 e. The van der Waals surface area contributed by atoms with Crippen molar-refractivity contribution in [3.8, 4) is 0 Å². The van der Waals surface area contributed by atoms with Crippen LogP contribution in [0.1, 0.15) is 17.2 Å². The van der Waals surface area contributed by atoms with Crippen molar-refractivity contribution in [3.63, 3.8) is 0 Å². The molecule has 1 unspecified atom stereocenters. The standard InChI is InChI=1S/C21H17Cl4N/c22-18-13-11-17(12-14-18)20(21(23,24)25)26(19-9-5-2-6-10-19)15-16-7-3-1-4-8-16/h1-14,20H,15H2. The zero-order valence-electron chi connectivity index (χ0n) is 13.8. The lowest BCUT2D eigenvalue weighted by Gasteiger charge is -2.38. The van der Waals surface area contributed by atoms with Crippen LogP contribution in [0.4, 0.5) is 5.69 Å². The fourth-order valence-electron chi connectivity index (χ4n) is 2.92. The summed E-state index contributed by atoms with van der Waals surface area (Å²) in [6.07, 6.45) is 0. The van der Waals surface area contributed by atoms with Gasteiger partial charge in [0.2, 0.25) is 3.79 Å². The van der Waals surface area contributed by atoms with E-state index in [0.717, 1.165) is 16.8 Å². The van der Waals surface area contributed by atoms with Crippen molar-refractivity contribution < 1.29 is 0 Å². The fourth-order valence-corrected chi connectivity index (χ4v) is 3.78. The Hall–Kier alpha value is -1.38. The molecule has 0 N–H and O–H groups in total. The van der Waals surface area contributed by atoms with Gasteiger partial charge in [0.15, 0.2) is 0 Å². The lowest BCUT2D eigenvalue weighted by molar-refractivity contribution is 0.629. The Morgan fingerprint density at radius 1 is 0.731 bits per heavy atom. The third kappa shape index (κ3) is 4.86. The molecule has 0 radical (unpaired) electrons. The summed E-state index contributed by atoms with van der Waals surface area (Å²) < 4.78 is -1.53. The topological polar surface area (TPSA) is 3.24 Å². The van der Waals surface area contributed by atoms with E-state index >= 15 is 0 Å². The number of rotatable bonds is 5. The molecule has 0 saturated carbocycles. The van der Waals surface area contributed by atoms with Gasteiger partial charge in [-0.2, -0.15) is 0 Å². The van der Waals surface area contributed by atoms with Crippen LogP contribution in [-0.4, -0.2) is 3.79 Å². The van der Waals surface area contributed by atoms with Gasteiger partial charge in [0.1, 0.15) is 6.04 Å². The molecule has 3 rings (SSSR count). The third-order valence-corrected chi connectivity index (χ3v) is 4.96. The number of benzene rings is 3. The summed E-state index contributed by atoms with van der Waals surface area (Å²) in [5.41, 5.74) is 2.99. The van der Waals surface area contributed by atoms with Gasteiger partial charge in [-0.1, -0.05) is 107 Å². The normalized spacial score (nSPS) is 12.6. The minimum absolute atomic E-state index is 0.479. The van der Waals surface area contributed by atoms with Gasteiger partial charge in [-0.25, -0.2) is 0 Å². The third-order valence-electron chi connectivity index (χ3n) is 4.09. The Labute approximate surface area is 174 Å². The van der Waals surface area contributed by atoms with Gasteiger partial charge < -0.3 is 4.90 Å². The number of nitrogens with zero attached hydrogens (tertiary/aromatic N) is 1. The van der Waals surface area contributed by atoms with Gasteiger partial charge in [0.25, 0.3) is 0 Å². The molecule has 0 aliphatic carbocycles. The van der Waals surface area contributed by atoms with E-state index < -0.39 is 9.83 Å². The predicted molar refractivity (Wildman–Crippen MR) is 114 cm³/mol. The molecule has 0 aliphatic rings. The van der Waals surface area contributed by atoms with Gasteiger partial charge in [-0.3, -0.25) is 0 Å². The molecule has 0 fully saturated rings. The molecule has 0 heterocycles. The highest BCUT2D eigenvalue weighted by Crippen LogP contribution is 2.46. The van der Waals surface area contributed by atoms with E-state index in [1.165, 1.54) is 0 Å². The average molecular weight is 425 g/mol. The second kappa shape index (κ2) is 8.54. The van der Waals surface area contributed by atoms with Crippen LogP contribution in [0, 0.1) is 0 Å². The molecule has 3 aromatic carbocycles. The molecule has 0 aliphatic heterocycles. The lowest BCUT2D eigenvalue weighted by atomic mass is 10.0. The van der Waals surface area contributed by atoms with E-state index in [2.05, 4.69) is 17.0 Å². The Morgan fingerprint density at radius 3 is 1.81 bits per heavy atom. The summed E-state index contributed by atoms with van der Waals surface area (Å²) in [5, 5.41) is 0.645. The van der Waals surface area contributed by atoms with Crippen LogP contribution < -0.4 is 4.90 Å². The number of anilines is 1. The Bertz CT molecular complexity index is 814. The highest BCUT2D eigenvalue weighted by Gasteiger charge is 2.38. The number of hydrogen-bond donors (Lipinski definition) is 0. The molecular weight excluding hydrogens is 408 g/mol. The second-order valence-electron chi connectivity index (χ2n) is 5.94. The molecule has 0 amide bonds. The highest BCUT2D eigenvalue weighted by molar-refractivity contribution is 6.68. The fraction of sp³-hybridized carbons (Fsp3) is 0.143. The van der Waals surface area contributed by atoms with Crippen molar-refractivity contribution in [2.75, 3.05) is 4.90 Å². The first-order valence-electron chi connectivity index (χ1n) is 8.13. The zero-order valence-corrected chi connectivity index (χ0v) is 16.9. The van der Waals surface area contributed by atoms with Crippen molar-refractivity contribution in [2.24, 2.45) is 0 Å². The SMILES string of the molecule is Clc1ccc(C(N(Cc2ccccc2)c2ccccc2)C(Cl)(Cl)Cl)cc1. The van der Waals surface area contributed by atoms with E-state index in [-0.39, 0.29) is 0 Å². The first-order chi connectivity index (χ1) is 12.4. The van der Waals surface area contributed by atoms with Gasteiger partial charge >= 0.3 is 0 Å². The molecule has 1 nitrogen and oxygen atoms in total. The van der Waals surface area contributed by atoms with Crippen LogP contribution in [0.3, 0.4) is 0 Å². The van der Waals surface area contributed by atoms with Crippen LogP contribution in [-0.2, 0) is 6.54 Å². The summed E-state index contributed by atoms with van der Waals surface area (Å²) >= 11 is 25.4. The van der Waals surface area contributed by atoms with E-state index in [9.17, 15) is 0 Å². The summed E-state index contributed by atoms with van der Waals surface area (Å²) in [6, 6.07) is 27.0. The lowest BCUT2D eigenvalue weighted by Crippen LogP contribution is -2.36. The van der Waals surface area contributed by atoms with E-state index in [0.29, 0.717) is 11.6 Å². The maximum atomic E-state index is 6.44. The Morgan fingerprint density at radius 2 is 1.27 bits per heavy atom. The number of hydrogen-bond acceptors (Lipinski definition) is 1. The maximum Gasteiger partial charge on any atom is 0.214 e. The van der Waals surface area contributed by atoms with Crippen molar-refractivity contribution >= 4 is 52.1 Å². The zero-order chi connectivity index (χ0) is 18.6. The molecule has 0 spiro atoms. The molecule has 0 saturated heterocycles. The van der Waals surface area contributed by atoms with E-state index in [4.69, 9.17) is 46.4 Å². The van der Waals surface area contributed by atoms with Crippen LogP contribution in [0.2, 0.25) is 5.02 Å². The minimum Gasteiger partial charge on any atom is -0.356 e. The second-order valence-corrected chi connectivity index (χ2v) is 8.75. The molecule has 26 heavy (non-hydrogen) atoms. The Kier molecular flexibility index (Phi) is 6.37. The molecule has 0 bridgehead atoms. The molecule has 134 valence electrons. The first kappa shape index (κ1) is 19.4. The van der Waals surface area contributed by atoms with Crippen LogP contribution >= 0.6 is 46.4 Å². The van der Waals surface area contributed by atoms with Gasteiger partial charge in [-0.05, 0) is 35.4 Å².